The van der Waals surface area contributed by atoms with E-state index in [2.05, 4.69) is 20.9 Å². The summed E-state index contributed by atoms with van der Waals surface area (Å²) in [4.78, 5) is 39.3. The predicted molar refractivity (Wildman–Crippen MR) is 101 cm³/mol. The number of benzene rings is 1. The van der Waals surface area contributed by atoms with E-state index >= 15 is 0 Å². The molecule has 0 atom stereocenters. The highest BCUT2D eigenvalue weighted by molar-refractivity contribution is 6.04. The average Bonchev–Trinajstić information content (AvgIpc) is 2.61. The number of amides is 3. The van der Waals surface area contributed by atoms with Gasteiger partial charge in [0.15, 0.2) is 0 Å². The van der Waals surface area contributed by atoms with Crippen molar-refractivity contribution in [3.8, 4) is 0 Å². The Hall–Kier alpha value is -3.42. The maximum absolute atomic E-state index is 12.1. The lowest BCUT2D eigenvalue weighted by Gasteiger charge is -2.19. The standard InChI is InChI=1S/C19H22N4O4/c1-19(2,3)27-18(26)21-12-16(24)22-14-6-8-15(9-7-14)23-17(25)13-5-4-10-20-11-13/h4-11H,12H2,1-3H3,(H,21,26)(H,22,24)(H,23,25). The molecule has 0 radical (unpaired) electrons. The molecule has 3 N–H and O–H groups in total. The summed E-state index contributed by atoms with van der Waals surface area (Å²) in [6.45, 7) is 5.00. The highest BCUT2D eigenvalue weighted by Gasteiger charge is 2.16. The minimum Gasteiger partial charge on any atom is -0.444 e. The van der Waals surface area contributed by atoms with Crippen molar-refractivity contribution in [1.82, 2.24) is 10.3 Å². The second kappa shape index (κ2) is 8.79. The van der Waals surface area contributed by atoms with Crippen LogP contribution in [0, 0.1) is 0 Å². The topological polar surface area (TPSA) is 109 Å². The molecule has 0 saturated carbocycles. The number of alkyl carbamates (subject to hydrolysis) is 1. The molecule has 0 fully saturated rings. The zero-order chi connectivity index (χ0) is 19.9. The highest BCUT2D eigenvalue weighted by Crippen LogP contribution is 2.14. The predicted octanol–water partition coefficient (Wildman–Crippen LogP) is 2.80. The lowest BCUT2D eigenvalue weighted by atomic mass is 10.2. The first-order valence-corrected chi connectivity index (χ1v) is 8.31. The van der Waals surface area contributed by atoms with Gasteiger partial charge in [-0.25, -0.2) is 4.79 Å². The van der Waals surface area contributed by atoms with Gasteiger partial charge in [0.1, 0.15) is 12.1 Å². The lowest BCUT2D eigenvalue weighted by molar-refractivity contribution is -0.115. The van der Waals surface area contributed by atoms with Crippen LogP contribution < -0.4 is 16.0 Å². The normalized spacial score (nSPS) is 10.6. The van der Waals surface area contributed by atoms with Crippen LogP contribution in [0.5, 0.6) is 0 Å². The summed E-state index contributed by atoms with van der Waals surface area (Å²) in [6.07, 6.45) is 2.40. The first-order chi connectivity index (χ1) is 12.7. The van der Waals surface area contributed by atoms with Gasteiger partial charge in [-0.15, -0.1) is 0 Å². The fourth-order valence-electron chi connectivity index (χ4n) is 2.01. The Kier molecular flexibility index (Phi) is 6.48. The number of nitrogens with one attached hydrogen (secondary N) is 3. The number of hydrogen-bond acceptors (Lipinski definition) is 5. The van der Waals surface area contributed by atoms with Crippen LogP contribution in [-0.4, -0.2) is 35.0 Å². The molecule has 0 aliphatic carbocycles. The molecule has 2 rings (SSSR count). The van der Waals surface area contributed by atoms with Gasteiger partial charge >= 0.3 is 6.09 Å². The number of hydrogen-bond donors (Lipinski definition) is 3. The molecule has 3 amide bonds. The molecule has 8 heteroatoms. The van der Waals surface area contributed by atoms with E-state index < -0.39 is 17.6 Å². The van der Waals surface area contributed by atoms with E-state index in [1.165, 1.54) is 6.20 Å². The van der Waals surface area contributed by atoms with E-state index in [9.17, 15) is 14.4 Å². The van der Waals surface area contributed by atoms with Gasteiger partial charge in [-0.2, -0.15) is 0 Å². The minimum absolute atomic E-state index is 0.214. The van der Waals surface area contributed by atoms with Gasteiger partial charge in [-0.1, -0.05) is 0 Å². The molecular formula is C19H22N4O4. The van der Waals surface area contributed by atoms with Crippen LogP contribution >= 0.6 is 0 Å². The highest BCUT2D eigenvalue weighted by atomic mass is 16.6. The molecule has 0 saturated heterocycles. The van der Waals surface area contributed by atoms with Gasteiger partial charge in [-0.3, -0.25) is 14.6 Å². The number of carbonyl (C=O) groups is 3. The first kappa shape index (κ1) is 19.9. The molecular weight excluding hydrogens is 348 g/mol. The van der Waals surface area contributed by atoms with Gasteiger partial charge in [0.25, 0.3) is 5.91 Å². The summed E-state index contributed by atoms with van der Waals surface area (Å²) < 4.78 is 5.05. The van der Waals surface area contributed by atoms with E-state index in [1.807, 2.05) is 0 Å². The fourth-order valence-corrected chi connectivity index (χ4v) is 2.01. The quantitative estimate of drug-likeness (QED) is 0.750. The third-order valence-electron chi connectivity index (χ3n) is 3.14. The van der Waals surface area contributed by atoms with Crippen LogP contribution in [0.3, 0.4) is 0 Å². The van der Waals surface area contributed by atoms with Crippen LogP contribution in [0.25, 0.3) is 0 Å². The molecule has 0 aliphatic heterocycles. The summed E-state index contributed by atoms with van der Waals surface area (Å²) in [5, 5.41) is 7.75. The Morgan fingerprint density at radius 3 is 2.19 bits per heavy atom. The first-order valence-electron chi connectivity index (χ1n) is 8.31. The molecule has 1 aromatic carbocycles. The minimum atomic E-state index is -0.661. The van der Waals surface area contributed by atoms with Crippen LogP contribution in [0.1, 0.15) is 31.1 Å². The molecule has 142 valence electrons. The molecule has 8 nitrogen and oxygen atoms in total. The zero-order valence-corrected chi connectivity index (χ0v) is 15.4. The summed E-state index contributed by atoms with van der Waals surface area (Å²) in [6, 6.07) is 9.94. The number of carbonyl (C=O) groups excluding carboxylic acids is 3. The van der Waals surface area contributed by atoms with E-state index in [-0.39, 0.29) is 12.5 Å². The van der Waals surface area contributed by atoms with Gasteiger partial charge in [0, 0.05) is 23.8 Å². The van der Waals surface area contributed by atoms with Gasteiger partial charge in [0.2, 0.25) is 5.91 Å². The molecule has 1 heterocycles. The Morgan fingerprint density at radius 1 is 1.00 bits per heavy atom. The van der Waals surface area contributed by atoms with Crippen LogP contribution in [0.2, 0.25) is 0 Å². The van der Waals surface area contributed by atoms with Crippen molar-refractivity contribution >= 4 is 29.3 Å². The van der Waals surface area contributed by atoms with Crippen molar-refractivity contribution in [2.45, 2.75) is 26.4 Å². The molecule has 2 aromatic rings. The molecule has 0 spiro atoms. The van der Waals surface area contributed by atoms with Crippen molar-refractivity contribution in [2.24, 2.45) is 0 Å². The number of ether oxygens (including phenoxy) is 1. The van der Waals surface area contributed by atoms with Crippen molar-refractivity contribution < 1.29 is 19.1 Å². The monoisotopic (exact) mass is 370 g/mol. The smallest absolute Gasteiger partial charge is 0.408 e. The maximum Gasteiger partial charge on any atom is 0.408 e. The van der Waals surface area contributed by atoms with Gasteiger partial charge in [0.05, 0.1) is 5.56 Å². The average molecular weight is 370 g/mol. The Labute approximate surface area is 157 Å². The Balaban J connectivity index is 1.82. The maximum atomic E-state index is 12.1. The van der Waals surface area contributed by atoms with Crippen molar-refractivity contribution in [1.29, 1.82) is 0 Å². The van der Waals surface area contributed by atoms with Crippen molar-refractivity contribution in [3.63, 3.8) is 0 Å². The van der Waals surface area contributed by atoms with Crippen LogP contribution in [0.15, 0.2) is 48.8 Å². The summed E-state index contributed by atoms with van der Waals surface area (Å²) >= 11 is 0. The second-order valence-corrected chi connectivity index (χ2v) is 6.68. The van der Waals surface area contributed by atoms with Crippen LogP contribution in [0.4, 0.5) is 16.2 Å². The summed E-state index contributed by atoms with van der Waals surface area (Å²) in [5.74, 6) is -0.672. The Bertz CT molecular complexity index is 799. The lowest BCUT2D eigenvalue weighted by Crippen LogP contribution is -2.37. The SMILES string of the molecule is CC(C)(C)OC(=O)NCC(=O)Nc1ccc(NC(=O)c2cccnc2)cc1. The molecule has 0 bridgehead atoms. The zero-order valence-electron chi connectivity index (χ0n) is 15.4. The third kappa shape index (κ3) is 7.15. The van der Waals surface area contributed by atoms with Crippen molar-refractivity contribution in [3.05, 3.63) is 54.4 Å². The molecule has 1 aromatic heterocycles. The second-order valence-electron chi connectivity index (χ2n) is 6.68. The van der Waals surface area contributed by atoms with E-state index in [1.54, 1.807) is 63.4 Å². The van der Waals surface area contributed by atoms with E-state index in [0.29, 0.717) is 16.9 Å². The number of aromatic nitrogens is 1. The number of nitrogens with zero attached hydrogens (tertiary/aromatic N) is 1. The van der Waals surface area contributed by atoms with Crippen molar-refractivity contribution in [2.75, 3.05) is 17.2 Å². The van der Waals surface area contributed by atoms with E-state index in [0.717, 1.165) is 0 Å². The number of anilines is 2. The van der Waals surface area contributed by atoms with Gasteiger partial charge in [-0.05, 0) is 57.2 Å². The molecule has 0 unspecified atom stereocenters. The summed E-state index contributed by atoms with van der Waals surface area (Å²) in [5.41, 5.74) is 0.929. The third-order valence-corrected chi connectivity index (χ3v) is 3.14. The molecule has 27 heavy (non-hydrogen) atoms. The van der Waals surface area contributed by atoms with Crippen LogP contribution in [-0.2, 0) is 9.53 Å². The summed E-state index contributed by atoms with van der Waals surface area (Å²) in [7, 11) is 0. The fraction of sp³-hybridized carbons (Fsp3) is 0.263. The Morgan fingerprint density at radius 2 is 1.63 bits per heavy atom. The number of pyridine rings is 1. The molecule has 0 aliphatic rings. The largest absolute Gasteiger partial charge is 0.444 e. The van der Waals surface area contributed by atoms with Gasteiger partial charge < -0.3 is 20.7 Å². The number of rotatable bonds is 5. The van der Waals surface area contributed by atoms with E-state index in [4.69, 9.17) is 4.74 Å².